The SMILES string of the molecule is O=C(O)c1cccc(-c2noc(CCCc3ccncc3)n2)c1. The molecule has 116 valence electrons. The second kappa shape index (κ2) is 6.83. The average molecular weight is 309 g/mol. The van der Waals surface area contributed by atoms with Crippen LogP contribution in [0.4, 0.5) is 0 Å². The van der Waals surface area contributed by atoms with Gasteiger partial charge in [0.2, 0.25) is 11.7 Å². The summed E-state index contributed by atoms with van der Waals surface area (Å²) in [7, 11) is 0. The van der Waals surface area contributed by atoms with Gasteiger partial charge in [-0.05, 0) is 42.7 Å². The van der Waals surface area contributed by atoms with Gasteiger partial charge in [-0.1, -0.05) is 17.3 Å². The molecule has 0 radical (unpaired) electrons. The maximum absolute atomic E-state index is 11.0. The molecule has 3 aromatic rings. The fourth-order valence-electron chi connectivity index (χ4n) is 2.26. The standard InChI is InChI=1S/C17H15N3O3/c21-17(22)14-5-2-4-13(11-14)16-19-15(23-20-16)6-1-3-12-7-9-18-10-8-12/h2,4-5,7-11H,1,3,6H2,(H,21,22). The van der Waals surface area contributed by atoms with E-state index in [-0.39, 0.29) is 5.56 Å². The van der Waals surface area contributed by atoms with E-state index >= 15 is 0 Å². The van der Waals surface area contributed by atoms with Gasteiger partial charge in [0.05, 0.1) is 5.56 Å². The van der Waals surface area contributed by atoms with Gasteiger partial charge in [0.25, 0.3) is 0 Å². The van der Waals surface area contributed by atoms with Crippen LogP contribution >= 0.6 is 0 Å². The zero-order valence-corrected chi connectivity index (χ0v) is 12.3. The zero-order chi connectivity index (χ0) is 16.1. The molecule has 1 aromatic carbocycles. The normalized spacial score (nSPS) is 10.6. The van der Waals surface area contributed by atoms with E-state index in [1.807, 2.05) is 12.1 Å². The van der Waals surface area contributed by atoms with Crippen LogP contribution in [-0.4, -0.2) is 26.2 Å². The van der Waals surface area contributed by atoms with E-state index in [1.54, 1.807) is 24.5 Å². The van der Waals surface area contributed by atoms with Gasteiger partial charge in [-0.15, -0.1) is 0 Å². The van der Waals surface area contributed by atoms with Crippen molar-refractivity contribution < 1.29 is 14.4 Å². The minimum atomic E-state index is -0.979. The van der Waals surface area contributed by atoms with Crippen molar-refractivity contribution in [1.82, 2.24) is 15.1 Å². The van der Waals surface area contributed by atoms with Crippen LogP contribution in [-0.2, 0) is 12.8 Å². The maximum atomic E-state index is 11.0. The summed E-state index contributed by atoms with van der Waals surface area (Å²) in [5, 5.41) is 12.9. The van der Waals surface area contributed by atoms with E-state index in [0.717, 1.165) is 12.8 Å². The fraction of sp³-hybridized carbons (Fsp3) is 0.176. The van der Waals surface area contributed by atoms with E-state index in [1.165, 1.54) is 17.7 Å². The largest absolute Gasteiger partial charge is 0.478 e. The molecule has 1 N–H and O–H groups in total. The van der Waals surface area contributed by atoms with Gasteiger partial charge in [0.1, 0.15) is 0 Å². The van der Waals surface area contributed by atoms with Crippen LogP contribution in [0, 0.1) is 0 Å². The third-order valence-electron chi connectivity index (χ3n) is 3.44. The van der Waals surface area contributed by atoms with Crippen molar-refractivity contribution in [3.63, 3.8) is 0 Å². The van der Waals surface area contributed by atoms with Crippen LogP contribution in [0.15, 0.2) is 53.3 Å². The molecule has 0 aliphatic heterocycles. The summed E-state index contributed by atoms with van der Waals surface area (Å²) >= 11 is 0. The van der Waals surface area contributed by atoms with Crippen LogP contribution in [0.3, 0.4) is 0 Å². The first-order chi connectivity index (χ1) is 11.2. The first-order valence-electron chi connectivity index (χ1n) is 7.27. The van der Waals surface area contributed by atoms with Crippen LogP contribution in [0.25, 0.3) is 11.4 Å². The fourth-order valence-corrected chi connectivity index (χ4v) is 2.26. The summed E-state index contributed by atoms with van der Waals surface area (Å²) in [6.07, 6.45) is 6.02. The third kappa shape index (κ3) is 3.79. The topological polar surface area (TPSA) is 89.1 Å². The molecular weight excluding hydrogens is 294 g/mol. The Morgan fingerprint density at radius 1 is 1.13 bits per heavy atom. The van der Waals surface area contributed by atoms with Crippen molar-refractivity contribution in [1.29, 1.82) is 0 Å². The van der Waals surface area contributed by atoms with E-state index in [4.69, 9.17) is 9.63 Å². The minimum Gasteiger partial charge on any atom is -0.478 e. The monoisotopic (exact) mass is 309 g/mol. The number of aryl methyl sites for hydroxylation is 2. The molecule has 0 aliphatic rings. The summed E-state index contributed by atoms with van der Waals surface area (Å²) in [5.41, 5.74) is 2.05. The number of rotatable bonds is 6. The van der Waals surface area contributed by atoms with Gasteiger partial charge in [-0.2, -0.15) is 4.98 Å². The molecule has 0 spiro atoms. The molecule has 0 fully saturated rings. The number of pyridine rings is 1. The molecule has 0 saturated heterocycles. The molecule has 2 heterocycles. The predicted molar refractivity (Wildman–Crippen MR) is 83.0 cm³/mol. The van der Waals surface area contributed by atoms with Crippen LogP contribution in [0.1, 0.15) is 28.2 Å². The van der Waals surface area contributed by atoms with Crippen molar-refractivity contribution in [2.45, 2.75) is 19.3 Å². The Morgan fingerprint density at radius 3 is 2.74 bits per heavy atom. The van der Waals surface area contributed by atoms with Crippen molar-refractivity contribution in [3.05, 3.63) is 65.8 Å². The number of nitrogens with zero attached hydrogens (tertiary/aromatic N) is 3. The molecule has 0 atom stereocenters. The number of benzene rings is 1. The highest BCUT2D eigenvalue weighted by Gasteiger charge is 2.11. The van der Waals surface area contributed by atoms with Gasteiger partial charge in [-0.3, -0.25) is 4.98 Å². The van der Waals surface area contributed by atoms with Gasteiger partial charge < -0.3 is 9.63 Å². The Kier molecular flexibility index (Phi) is 4.42. The first-order valence-corrected chi connectivity index (χ1v) is 7.27. The Labute approximate surface area is 132 Å². The maximum Gasteiger partial charge on any atom is 0.335 e. The molecule has 0 bridgehead atoms. The lowest BCUT2D eigenvalue weighted by molar-refractivity contribution is 0.0697. The van der Waals surface area contributed by atoms with E-state index in [0.29, 0.717) is 23.7 Å². The Hall–Kier alpha value is -3.02. The molecule has 3 rings (SSSR count). The van der Waals surface area contributed by atoms with Gasteiger partial charge >= 0.3 is 5.97 Å². The molecule has 0 unspecified atom stereocenters. The molecule has 23 heavy (non-hydrogen) atoms. The Balaban J connectivity index is 1.64. The molecule has 2 aromatic heterocycles. The van der Waals surface area contributed by atoms with Gasteiger partial charge in [-0.25, -0.2) is 4.79 Å². The average Bonchev–Trinajstić information content (AvgIpc) is 3.05. The number of hydrogen-bond acceptors (Lipinski definition) is 5. The number of carboxylic acids is 1. The van der Waals surface area contributed by atoms with Crippen LogP contribution < -0.4 is 0 Å². The number of aromatic nitrogens is 3. The van der Waals surface area contributed by atoms with Crippen LogP contribution in [0.5, 0.6) is 0 Å². The van der Waals surface area contributed by atoms with Crippen molar-refractivity contribution in [2.24, 2.45) is 0 Å². The lowest BCUT2D eigenvalue weighted by atomic mass is 10.1. The lowest BCUT2D eigenvalue weighted by Gasteiger charge is -1.98. The van der Waals surface area contributed by atoms with Gasteiger partial charge in [0, 0.05) is 24.4 Å². The number of hydrogen-bond donors (Lipinski definition) is 1. The van der Waals surface area contributed by atoms with E-state index < -0.39 is 5.97 Å². The number of carboxylic acid groups (broad SMARTS) is 1. The number of carbonyl (C=O) groups is 1. The summed E-state index contributed by atoms with van der Waals surface area (Å²) in [4.78, 5) is 19.3. The molecule has 6 nitrogen and oxygen atoms in total. The highest BCUT2D eigenvalue weighted by Crippen LogP contribution is 2.18. The molecular formula is C17H15N3O3. The van der Waals surface area contributed by atoms with Crippen molar-refractivity contribution in [3.8, 4) is 11.4 Å². The van der Waals surface area contributed by atoms with Crippen LogP contribution in [0.2, 0.25) is 0 Å². The smallest absolute Gasteiger partial charge is 0.335 e. The minimum absolute atomic E-state index is 0.200. The van der Waals surface area contributed by atoms with Crippen molar-refractivity contribution in [2.75, 3.05) is 0 Å². The molecule has 0 saturated carbocycles. The van der Waals surface area contributed by atoms with Gasteiger partial charge in [0.15, 0.2) is 0 Å². The first kappa shape index (κ1) is 14.9. The Bertz CT molecular complexity index is 800. The second-order valence-corrected chi connectivity index (χ2v) is 5.11. The number of aromatic carboxylic acids is 1. The summed E-state index contributed by atoms with van der Waals surface area (Å²) in [6.45, 7) is 0. The molecule has 0 aliphatic carbocycles. The Morgan fingerprint density at radius 2 is 1.96 bits per heavy atom. The van der Waals surface area contributed by atoms with E-state index in [9.17, 15) is 4.79 Å². The molecule has 0 amide bonds. The second-order valence-electron chi connectivity index (χ2n) is 5.11. The zero-order valence-electron chi connectivity index (χ0n) is 12.3. The predicted octanol–water partition coefficient (Wildman–Crippen LogP) is 3.01. The lowest BCUT2D eigenvalue weighted by Crippen LogP contribution is -1.96. The van der Waals surface area contributed by atoms with E-state index in [2.05, 4.69) is 15.1 Å². The summed E-state index contributed by atoms with van der Waals surface area (Å²) < 4.78 is 5.24. The molecule has 6 heteroatoms. The summed E-state index contributed by atoms with van der Waals surface area (Å²) in [5.74, 6) is -0.0188. The summed E-state index contributed by atoms with van der Waals surface area (Å²) in [6, 6.07) is 10.5. The third-order valence-corrected chi connectivity index (χ3v) is 3.44. The highest BCUT2D eigenvalue weighted by atomic mass is 16.5. The quantitative estimate of drug-likeness (QED) is 0.753. The van der Waals surface area contributed by atoms with Crippen molar-refractivity contribution >= 4 is 5.97 Å². The highest BCUT2D eigenvalue weighted by molar-refractivity contribution is 5.89.